The number of oxazole rings is 1. The third kappa shape index (κ3) is 4.77. The summed E-state index contributed by atoms with van der Waals surface area (Å²) in [7, 11) is 0. The lowest BCUT2D eigenvalue weighted by Gasteiger charge is -2.18. The van der Waals surface area contributed by atoms with Crippen LogP contribution in [0.2, 0.25) is 0 Å². The van der Waals surface area contributed by atoms with Gasteiger partial charge < -0.3 is 14.5 Å². The summed E-state index contributed by atoms with van der Waals surface area (Å²) in [6.45, 7) is 8.27. The molecule has 0 aliphatic rings. The normalized spacial score (nSPS) is 12.5. The second-order valence-electron chi connectivity index (χ2n) is 8.59. The zero-order valence-electron chi connectivity index (χ0n) is 18.2. The molecule has 1 heterocycles. The number of nitrogens with zero attached hydrogens (tertiary/aromatic N) is 1. The molecule has 4 aromatic rings. The van der Waals surface area contributed by atoms with E-state index >= 15 is 0 Å². The lowest BCUT2D eigenvalue weighted by molar-refractivity contribution is -0.122. The second kappa shape index (κ2) is 8.26. The Kier molecular flexibility index (Phi) is 5.51. The summed E-state index contributed by atoms with van der Waals surface area (Å²) in [5.41, 5.74) is 4.25. The molecule has 0 saturated heterocycles. The van der Waals surface area contributed by atoms with Crippen molar-refractivity contribution in [3.05, 3.63) is 78.4 Å². The molecule has 1 N–H and O–H groups in total. The Labute approximate surface area is 182 Å². The summed E-state index contributed by atoms with van der Waals surface area (Å²) in [5.74, 6) is 0.971. The van der Waals surface area contributed by atoms with Crippen LogP contribution < -0.4 is 10.1 Å². The van der Waals surface area contributed by atoms with E-state index < -0.39 is 6.10 Å². The molecule has 31 heavy (non-hydrogen) atoms. The second-order valence-corrected chi connectivity index (χ2v) is 8.59. The van der Waals surface area contributed by atoms with E-state index in [2.05, 4.69) is 43.2 Å². The fraction of sp³-hybridized carbons (Fsp3) is 0.231. The van der Waals surface area contributed by atoms with Gasteiger partial charge in [-0.15, -0.1) is 0 Å². The maximum Gasteiger partial charge on any atom is 0.265 e. The van der Waals surface area contributed by atoms with E-state index in [4.69, 9.17) is 9.15 Å². The van der Waals surface area contributed by atoms with E-state index in [1.807, 2.05) is 54.6 Å². The quantitative estimate of drug-likeness (QED) is 0.422. The number of nitrogens with one attached hydrogen (secondary N) is 1. The molecule has 0 aliphatic heterocycles. The number of amides is 1. The smallest absolute Gasteiger partial charge is 0.265 e. The van der Waals surface area contributed by atoms with Gasteiger partial charge in [0, 0.05) is 17.3 Å². The van der Waals surface area contributed by atoms with Gasteiger partial charge in [0.1, 0.15) is 11.3 Å². The molecule has 3 aromatic carbocycles. The number of ether oxygens (including phenoxy) is 1. The minimum atomic E-state index is -0.635. The topological polar surface area (TPSA) is 64.4 Å². The van der Waals surface area contributed by atoms with Crippen molar-refractivity contribution in [2.45, 2.75) is 39.2 Å². The number of hydrogen-bond acceptors (Lipinski definition) is 4. The highest BCUT2D eigenvalue weighted by atomic mass is 16.5. The van der Waals surface area contributed by atoms with Crippen LogP contribution in [0.3, 0.4) is 0 Å². The van der Waals surface area contributed by atoms with Gasteiger partial charge in [0.25, 0.3) is 5.91 Å². The fourth-order valence-electron chi connectivity index (χ4n) is 3.24. The summed E-state index contributed by atoms with van der Waals surface area (Å²) >= 11 is 0. The third-order valence-electron chi connectivity index (χ3n) is 5.08. The monoisotopic (exact) mass is 414 g/mol. The highest BCUT2D eigenvalue weighted by Crippen LogP contribution is 2.29. The van der Waals surface area contributed by atoms with Crippen molar-refractivity contribution < 1.29 is 13.9 Å². The Hall–Kier alpha value is -3.60. The Bertz CT molecular complexity index is 1190. The SMILES string of the molecule is CC(Oc1ccccc1)C(=O)Nc1ccc2nc(-c3ccc(C(C)(C)C)cc3)oc2c1. The molecular formula is C26H26N2O3. The maximum atomic E-state index is 12.5. The van der Waals surface area contributed by atoms with E-state index in [1.54, 1.807) is 13.0 Å². The van der Waals surface area contributed by atoms with Crippen molar-refractivity contribution >= 4 is 22.7 Å². The summed E-state index contributed by atoms with van der Waals surface area (Å²) in [4.78, 5) is 17.1. The number of rotatable bonds is 5. The van der Waals surface area contributed by atoms with Crippen molar-refractivity contribution in [2.24, 2.45) is 0 Å². The molecule has 0 spiro atoms. The van der Waals surface area contributed by atoms with Crippen LogP contribution in [-0.2, 0) is 10.2 Å². The molecule has 0 bridgehead atoms. The zero-order valence-corrected chi connectivity index (χ0v) is 18.2. The maximum absolute atomic E-state index is 12.5. The molecule has 1 amide bonds. The van der Waals surface area contributed by atoms with Crippen LogP contribution in [-0.4, -0.2) is 17.0 Å². The molecule has 0 saturated carbocycles. The van der Waals surface area contributed by atoms with Crippen LogP contribution in [0.1, 0.15) is 33.3 Å². The number of para-hydroxylation sites is 1. The molecule has 158 valence electrons. The average Bonchev–Trinajstić information content (AvgIpc) is 3.17. The van der Waals surface area contributed by atoms with Gasteiger partial charge in [-0.3, -0.25) is 4.79 Å². The van der Waals surface area contributed by atoms with E-state index in [1.165, 1.54) is 5.56 Å². The number of carbonyl (C=O) groups is 1. The first-order valence-corrected chi connectivity index (χ1v) is 10.3. The summed E-state index contributed by atoms with van der Waals surface area (Å²) in [6, 6.07) is 23.0. The van der Waals surface area contributed by atoms with Gasteiger partial charge in [0.05, 0.1) is 0 Å². The van der Waals surface area contributed by atoms with Crippen LogP contribution >= 0.6 is 0 Å². The largest absolute Gasteiger partial charge is 0.481 e. The first-order valence-electron chi connectivity index (χ1n) is 10.3. The number of benzene rings is 3. The predicted octanol–water partition coefficient (Wildman–Crippen LogP) is 6.20. The lowest BCUT2D eigenvalue weighted by Crippen LogP contribution is -2.30. The Balaban J connectivity index is 1.49. The number of aromatic nitrogens is 1. The first kappa shape index (κ1) is 20.7. The number of hydrogen-bond donors (Lipinski definition) is 1. The Morgan fingerprint density at radius 2 is 1.71 bits per heavy atom. The molecule has 5 heteroatoms. The van der Waals surface area contributed by atoms with Crippen LogP contribution in [0.4, 0.5) is 5.69 Å². The van der Waals surface area contributed by atoms with Crippen molar-refractivity contribution in [1.29, 1.82) is 0 Å². The van der Waals surface area contributed by atoms with E-state index in [0.29, 0.717) is 22.9 Å². The standard InChI is InChI=1S/C26H26N2O3/c1-17(30-21-8-6-5-7-9-21)24(29)27-20-14-15-22-23(16-20)31-25(28-22)18-10-12-19(13-11-18)26(2,3)4/h5-17H,1-4H3,(H,27,29). The molecule has 1 unspecified atom stereocenters. The highest BCUT2D eigenvalue weighted by Gasteiger charge is 2.17. The lowest BCUT2D eigenvalue weighted by atomic mass is 9.87. The number of fused-ring (bicyclic) bond motifs is 1. The van der Waals surface area contributed by atoms with Gasteiger partial charge in [-0.2, -0.15) is 0 Å². The van der Waals surface area contributed by atoms with Gasteiger partial charge in [0.15, 0.2) is 11.7 Å². The molecule has 1 atom stereocenters. The van der Waals surface area contributed by atoms with Crippen LogP contribution in [0.5, 0.6) is 5.75 Å². The Morgan fingerprint density at radius 1 is 1.00 bits per heavy atom. The van der Waals surface area contributed by atoms with Crippen LogP contribution in [0, 0.1) is 0 Å². The average molecular weight is 415 g/mol. The van der Waals surface area contributed by atoms with Gasteiger partial charge >= 0.3 is 0 Å². The molecule has 4 rings (SSSR count). The summed E-state index contributed by atoms with van der Waals surface area (Å²) < 4.78 is 11.6. The first-order chi connectivity index (χ1) is 14.8. The molecule has 0 radical (unpaired) electrons. The molecule has 0 fully saturated rings. The van der Waals surface area contributed by atoms with Crippen molar-refractivity contribution in [3.8, 4) is 17.2 Å². The van der Waals surface area contributed by atoms with Gasteiger partial charge in [-0.1, -0.05) is 51.1 Å². The van der Waals surface area contributed by atoms with E-state index in [-0.39, 0.29) is 11.3 Å². The van der Waals surface area contributed by atoms with E-state index in [9.17, 15) is 4.79 Å². The number of anilines is 1. The fourth-order valence-corrected chi connectivity index (χ4v) is 3.24. The predicted molar refractivity (Wildman–Crippen MR) is 123 cm³/mol. The minimum Gasteiger partial charge on any atom is -0.481 e. The van der Waals surface area contributed by atoms with E-state index in [0.717, 1.165) is 11.1 Å². The van der Waals surface area contributed by atoms with Crippen molar-refractivity contribution in [3.63, 3.8) is 0 Å². The van der Waals surface area contributed by atoms with Gasteiger partial charge in [0.2, 0.25) is 5.89 Å². The highest BCUT2D eigenvalue weighted by molar-refractivity contribution is 5.95. The van der Waals surface area contributed by atoms with Crippen LogP contribution in [0.15, 0.2) is 77.2 Å². The minimum absolute atomic E-state index is 0.0916. The molecule has 5 nitrogen and oxygen atoms in total. The molecule has 0 aliphatic carbocycles. The summed E-state index contributed by atoms with van der Waals surface area (Å²) in [5, 5.41) is 2.88. The summed E-state index contributed by atoms with van der Waals surface area (Å²) in [6.07, 6.45) is -0.635. The Morgan fingerprint density at radius 3 is 2.39 bits per heavy atom. The molecular weight excluding hydrogens is 388 g/mol. The van der Waals surface area contributed by atoms with Crippen molar-refractivity contribution in [1.82, 2.24) is 4.98 Å². The number of carbonyl (C=O) groups excluding carboxylic acids is 1. The van der Waals surface area contributed by atoms with Gasteiger partial charge in [-0.05, 0) is 54.3 Å². The zero-order chi connectivity index (χ0) is 22.0. The van der Waals surface area contributed by atoms with Crippen LogP contribution in [0.25, 0.3) is 22.6 Å². The van der Waals surface area contributed by atoms with Gasteiger partial charge in [-0.25, -0.2) is 4.98 Å². The third-order valence-corrected chi connectivity index (χ3v) is 5.08. The molecule has 1 aromatic heterocycles. The van der Waals surface area contributed by atoms with Crippen molar-refractivity contribution in [2.75, 3.05) is 5.32 Å².